The fourth-order valence-corrected chi connectivity index (χ4v) is 0.800. The zero-order chi connectivity index (χ0) is 7.40. The molecule has 1 aromatic rings. The number of aromatic nitrogens is 3. The topological polar surface area (TPSA) is 30.7 Å². The van der Waals surface area contributed by atoms with E-state index in [4.69, 9.17) is 11.6 Å². The van der Waals surface area contributed by atoms with Crippen molar-refractivity contribution in [1.82, 2.24) is 14.8 Å². The van der Waals surface area contributed by atoms with Gasteiger partial charge in [0.1, 0.15) is 12.7 Å². The van der Waals surface area contributed by atoms with Crippen LogP contribution in [0.1, 0.15) is 13.3 Å². The van der Waals surface area contributed by atoms with E-state index in [1.54, 1.807) is 11.0 Å². The van der Waals surface area contributed by atoms with Crippen molar-refractivity contribution in [2.75, 3.05) is 0 Å². The SMILES string of the molecule is CCC(Cl)Cn1cncn1. The Labute approximate surface area is 65.0 Å². The van der Waals surface area contributed by atoms with Gasteiger partial charge in [-0.25, -0.2) is 4.98 Å². The Hall–Kier alpha value is -0.570. The van der Waals surface area contributed by atoms with Crippen molar-refractivity contribution in [3.05, 3.63) is 12.7 Å². The van der Waals surface area contributed by atoms with Crippen molar-refractivity contribution in [3.8, 4) is 0 Å². The first-order valence-electron chi connectivity index (χ1n) is 3.29. The molecule has 0 spiro atoms. The monoisotopic (exact) mass is 159 g/mol. The Kier molecular flexibility index (Phi) is 2.68. The fourth-order valence-electron chi connectivity index (χ4n) is 0.659. The lowest BCUT2D eigenvalue weighted by Crippen LogP contribution is -2.09. The summed E-state index contributed by atoms with van der Waals surface area (Å²) >= 11 is 5.87. The van der Waals surface area contributed by atoms with E-state index in [0.29, 0.717) is 0 Å². The van der Waals surface area contributed by atoms with Gasteiger partial charge in [-0.2, -0.15) is 5.10 Å². The molecule has 0 aromatic carbocycles. The third-order valence-corrected chi connectivity index (χ3v) is 1.74. The van der Waals surface area contributed by atoms with Crippen LogP contribution in [0.4, 0.5) is 0 Å². The second-order valence-corrected chi connectivity index (χ2v) is 2.74. The number of hydrogen-bond donors (Lipinski definition) is 0. The third-order valence-electron chi connectivity index (χ3n) is 1.29. The zero-order valence-corrected chi connectivity index (χ0v) is 6.62. The Bertz CT molecular complexity index is 173. The molecule has 3 nitrogen and oxygen atoms in total. The van der Waals surface area contributed by atoms with E-state index in [1.807, 2.05) is 0 Å². The van der Waals surface area contributed by atoms with Crippen LogP contribution in [0.15, 0.2) is 12.7 Å². The van der Waals surface area contributed by atoms with Crippen LogP contribution in [0.25, 0.3) is 0 Å². The van der Waals surface area contributed by atoms with E-state index in [0.717, 1.165) is 13.0 Å². The lowest BCUT2D eigenvalue weighted by atomic mass is 10.3. The van der Waals surface area contributed by atoms with Crippen LogP contribution in [-0.2, 0) is 6.54 Å². The van der Waals surface area contributed by atoms with Gasteiger partial charge < -0.3 is 0 Å². The predicted octanol–water partition coefficient (Wildman–Crippen LogP) is 1.30. The Morgan fingerprint density at radius 2 is 2.50 bits per heavy atom. The maximum absolute atomic E-state index is 5.87. The quantitative estimate of drug-likeness (QED) is 0.623. The maximum Gasteiger partial charge on any atom is 0.137 e. The molecule has 1 rings (SSSR count). The summed E-state index contributed by atoms with van der Waals surface area (Å²) in [7, 11) is 0. The number of rotatable bonds is 3. The highest BCUT2D eigenvalue weighted by Crippen LogP contribution is 2.02. The summed E-state index contributed by atoms with van der Waals surface area (Å²) in [6.07, 6.45) is 4.14. The molecule has 1 atom stereocenters. The number of nitrogens with zero attached hydrogens (tertiary/aromatic N) is 3. The molecule has 1 aromatic heterocycles. The third kappa shape index (κ3) is 1.99. The molecule has 1 unspecified atom stereocenters. The first-order chi connectivity index (χ1) is 4.83. The van der Waals surface area contributed by atoms with Gasteiger partial charge in [0.15, 0.2) is 0 Å². The van der Waals surface area contributed by atoms with Gasteiger partial charge in [0, 0.05) is 0 Å². The summed E-state index contributed by atoms with van der Waals surface area (Å²) < 4.78 is 1.74. The second-order valence-electron chi connectivity index (χ2n) is 2.12. The highest BCUT2D eigenvalue weighted by atomic mass is 35.5. The van der Waals surface area contributed by atoms with Crippen molar-refractivity contribution in [3.63, 3.8) is 0 Å². The molecular formula is C6H10ClN3. The minimum absolute atomic E-state index is 0.168. The molecular weight excluding hydrogens is 150 g/mol. The molecule has 0 N–H and O–H groups in total. The molecule has 4 heteroatoms. The summed E-state index contributed by atoms with van der Waals surface area (Å²) in [5.74, 6) is 0. The molecule has 0 saturated heterocycles. The molecule has 0 aliphatic carbocycles. The highest BCUT2D eigenvalue weighted by molar-refractivity contribution is 6.20. The van der Waals surface area contributed by atoms with Crippen molar-refractivity contribution >= 4 is 11.6 Å². The number of alkyl halides is 1. The lowest BCUT2D eigenvalue weighted by Gasteiger charge is -2.03. The lowest BCUT2D eigenvalue weighted by molar-refractivity contribution is 0.577. The van der Waals surface area contributed by atoms with Gasteiger partial charge in [0.2, 0.25) is 0 Å². The summed E-state index contributed by atoms with van der Waals surface area (Å²) in [6.45, 7) is 2.80. The molecule has 0 amide bonds. The fraction of sp³-hybridized carbons (Fsp3) is 0.667. The van der Waals surface area contributed by atoms with E-state index >= 15 is 0 Å². The molecule has 0 fully saturated rings. The van der Waals surface area contributed by atoms with Gasteiger partial charge in [-0.1, -0.05) is 6.92 Å². The molecule has 0 bridgehead atoms. The summed E-state index contributed by atoms with van der Waals surface area (Å²) in [5, 5.41) is 4.09. The van der Waals surface area contributed by atoms with Crippen molar-refractivity contribution in [2.24, 2.45) is 0 Å². The smallest absolute Gasteiger partial charge is 0.137 e. The van der Waals surface area contributed by atoms with Gasteiger partial charge in [-0.05, 0) is 6.42 Å². The molecule has 0 radical (unpaired) electrons. The van der Waals surface area contributed by atoms with Crippen LogP contribution in [0, 0.1) is 0 Å². The van der Waals surface area contributed by atoms with E-state index in [2.05, 4.69) is 17.0 Å². The van der Waals surface area contributed by atoms with Crippen LogP contribution >= 0.6 is 11.6 Å². The van der Waals surface area contributed by atoms with Crippen LogP contribution < -0.4 is 0 Å². The van der Waals surface area contributed by atoms with E-state index in [1.165, 1.54) is 6.33 Å². The van der Waals surface area contributed by atoms with Crippen molar-refractivity contribution in [1.29, 1.82) is 0 Å². The largest absolute Gasteiger partial charge is 0.251 e. The number of hydrogen-bond acceptors (Lipinski definition) is 2. The van der Waals surface area contributed by atoms with Crippen LogP contribution in [-0.4, -0.2) is 20.1 Å². The normalized spacial score (nSPS) is 13.4. The second kappa shape index (κ2) is 3.56. The van der Waals surface area contributed by atoms with Gasteiger partial charge in [-0.15, -0.1) is 11.6 Å². The molecule has 10 heavy (non-hydrogen) atoms. The Morgan fingerprint density at radius 1 is 1.70 bits per heavy atom. The Balaban J connectivity index is 2.40. The first kappa shape index (κ1) is 7.54. The van der Waals surface area contributed by atoms with Gasteiger partial charge in [-0.3, -0.25) is 4.68 Å². The molecule has 56 valence electrons. The van der Waals surface area contributed by atoms with Gasteiger partial charge in [0.05, 0.1) is 11.9 Å². The summed E-state index contributed by atoms with van der Waals surface area (Å²) in [4.78, 5) is 3.80. The summed E-state index contributed by atoms with van der Waals surface area (Å²) in [6, 6.07) is 0. The molecule has 1 heterocycles. The average Bonchev–Trinajstić information content (AvgIpc) is 2.40. The highest BCUT2D eigenvalue weighted by Gasteiger charge is 2.01. The predicted molar refractivity (Wildman–Crippen MR) is 40.0 cm³/mol. The molecule has 0 aliphatic heterocycles. The standard InChI is InChI=1S/C6H10ClN3/c1-2-6(7)3-10-5-8-4-9-10/h4-6H,2-3H2,1H3. The first-order valence-corrected chi connectivity index (χ1v) is 3.73. The minimum atomic E-state index is 0.168. The number of halogens is 1. The summed E-state index contributed by atoms with van der Waals surface area (Å²) in [5.41, 5.74) is 0. The minimum Gasteiger partial charge on any atom is -0.251 e. The van der Waals surface area contributed by atoms with Crippen molar-refractivity contribution in [2.45, 2.75) is 25.3 Å². The zero-order valence-electron chi connectivity index (χ0n) is 5.87. The van der Waals surface area contributed by atoms with Gasteiger partial charge >= 0.3 is 0 Å². The maximum atomic E-state index is 5.87. The van der Waals surface area contributed by atoms with E-state index in [9.17, 15) is 0 Å². The average molecular weight is 160 g/mol. The van der Waals surface area contributed by atoms with Crippen molar-refractivity contribution < 1.29 is 0 Å². The van der Waals surface area contributed by atoms with Crippen LogP contribution in [0.5, 0.6) is 0 Å². The molecule has 0 saturated carbocycles. The van der Waals surface area contributed by atoms with Crippen LogP contribution in [0.2, 0.25) is 0 Å². The van der Waals surface area contributed by atoms with Gasteiger partial charge in [0.25, 0.3) is 0 Å². The Morgan fingerprint density at radius 3 is 3.00 bits per heavy atom. The van der Waals surface area contributed by atoms with Crippen LogP contribution in [0.3, 0.4) is 0 Å². The molecule has 0 aliphatic rings. The van der Waals surface area contributed by atoms with E-state index < -0.39 is 0 Å². The van der Waals surface area contributed by atoms with E-state index in [-0.39, 0.29) is 5.38 Å².